The minimum Gasteiger partial charge on any atom is -0.465 e. The summed E-state index contributed by atoms with van der Waals surface area (Å²) in [6, 6.07) is 6.21. The van der Waals surface area contributed by atoms with E-state index in [4.69, 9.17) is 4.74 Å². The molecule has 0 aliphatic heterocycles. The SMILES string of the molecule is CCCC=COc1cccc(C(O)[N+](=O)[O-])c1. The van der Waals surface area contributed by atoms with Crippen molar-refractivity contribution in [2.75, 3.05) is 0 Å². The standard InChI is InChI=1S/C12H15NO4/c1-2-3-4-8-17-11-7-5-6-10(9-11)12(14)13(15)16/h4-9,12,14H,2-3H2,1H3. The molecule has 1 aromatic rings. The van der Waals surface area contributed by atoms with Crippen molar-refractivity contribution >= 4 is 0 Å². The van der Waals surface area contributed by atoms with Gasteiger partial charge in [-0.05, 0) is 30.7 Å². The van der Waals surface area contributed by atoms with Crippen molar-refractivity contribution in [3.8, 4) is 5.75 Å². The number of allylic oxidation sites excluding steroid dienone is 1. The average molecular weight is 237 g/mol. The van der Waals surface area contributed by atoms with E-state index in [1.165, 1.54) is 12.1 Å². The predicted octanol–water partition coefficient (Wildman–Crippen LogP) is 2.65. The van der Waals surface area contributed by atoms with Gasteiger partial charge < -0.3 is 9.84 Å². The molecule has 0 aliphatic carbocycles. The monoisotopic (exact) mass is 237 g/mol. The van der Waals surface area contributed by atoms with E-state index in [0.717, 1.165) is 12.8 Å². The Bertz CT molecular complexity index is 403. The Morgan fingerprint density at radius 3 is 3.00 bits per heavy atom. The van der Waals surface area contributed by atoms with Crippen LogP contribution in [0.1, 0.15) is 31.6 Å². The molecule has 0 saturated heterocycles. The molecule has 5 heteroatoms. The molecule has 0 fully saturated rings. The molecule has 92 valence electrons. The second kappa shape index (κ2) is 6.65. The topological polar surface area (TPSA) is 72.6 Å². The summed E-state index contributed by atoms with van der Waals surface area (Å²) in [7, 11) is 0. The zero-order valence-electron chi connectivity index (χ0n) is 9.57. The Morgan fingerprint density at radius 2 is 2.35 bits per heavy atom. The first-order chi connectivity index (χ1) is 8.15. The van der Waals surface area contributed by atoms with Crippen molar-refractivity contribution < 1.29 is 14.8 Å². The third-order valence-electron chi connectivity index (χ3n) is 2.11. The molecule has 1 rings (SSSR count). The van der Waals surface area contributed by atoms with E-state index in [1.54, 1.807) is 18.4 Å². The second-order valence-electron chi connectivity index (χ2n) is 3.51. The fourth-order valence-electron chi connectivity index (χ4n) is 1.23. The highest BCUT2D eigenvalue weighted by Gasteiger charge is 2.18. The van der Waals surface area contributed by atoms with Crippen molar-refractivity contribution in [2.45, 2.75) is 26.0 Å². The molecule has 1 N–H and O–H groups in total. The van der Waals surface area contributed by atoms with Gasteiger partial charge in [0.15, 0.2) is 0 Å². The van der Waals surface area contributed by atoms with Crippen LogP contribution >= 0.6 is 0 Å². The summed E-state index contributed by atoms with van der Waals surface area (Å²) in [6.45, 7) is 2.05. The lowest BCUT2D eigenvalue weighted by Crippen LogP contribution is -2.08. The van der Waals surface area contributed by atoms with Gasteiger partial charge in [0.25, 0.3) is 0 Å². The first-order valence-electron chi connectivity index (χ1n) is 5.38. The summed E-state index contributed by atoms with van der Waals surface area (Å²) < 4.78 is 5.26. The van der Waals surface area contributed by atoms with Gasteiger partial charge in [-0.15, -0.1) is 0 Å². The molecular formula is C12H15NO4. The number of ether oxygens (including phenoxy) is 1. The van der Waals surface area contributed by atoms with E-state index >= 15 is 0 Å². The summed E-state index contributed by atoms with van der Waals surface area (Å²) >= 11 is 0. The molecular weight excluding hydrogens is 222 g/mol. The van der Waals surface area contributed by atoms with Crippen molar-refractivity contribution in [3.63, 3.8) is 0 Å². The molecule has 0 amide bonds. The lowest BCUT2D eigenvalue weighted by molar-refractivity contribution is -0.578. The normalized spacial score (nSPS) is 12.6. The summed E-state index contributed by atoms with van der Waals surface area (Å²) in [4.78, 5) is 9.65. The molecule has 1 aromatic carbocycles. The van der Waals surface area contributed by atoms with E-state index < -0.39 is 11.2 Å². The van der Waals surface area contributed by atoms with E-state index in [9.17, 15) is 15.2 Å². The largest absolute Gasteiger partial charge is 0.465 e. The number of aliphatic hydroxyl groups excluding tert-OH is 1. The van der Waals surface area contributed by atoms with Crippen LogP contribution in [0.25, 0.3) is 0 Å². The lowest BCUT2D eigenvalue weighted by Gasteiger charge is -2.05. The van der Waals surface area contributed by atoms with Crippen molar-refractivity contribution in [1.29, 1.82) is 0 Å². The summed E-state index contributed by atoms with van der Waals surface area (Å²) in [6.07, 6.45) is 3.65. The second-order valence-corrected chi connectivity index (χ2v) is 3.51. The van der Waals surface area contributed by atoms with Crippen LogP contribution in [0.15, 0.2) is 36.6 Å². The zero-order chi connectivity index (χ0) is 12.7. The molecule has 0 aromatic heterocycles. The fraction of sp³-hybridized carbons (Fsp3) is 0.333. The molecule has 0 aliphatic rings. The number of nitro groups is 1. The van der Waals surface area contributed by atoms with E-state index in [0.29, 0.717) is 5.75 Å². The average Bonchev–Trinajstić information content (AvgIpc) is 2.34. The van der Waals surface area contributed by atoms with Gasteiger partial charge >= 0.3 is 6.23 Å². The minimum atomic E-state index is -1.71. The highest BCUT2D eigenvalue weighted by molar-refractivity contribution is 5.29. The third kappa shape index (κ3) is 4.24. The molecule has 1 unspecified atom stereocenters. The van der Waals surface area contributed by atoms with Gasteiger partial charge in [0.1, 0.15) is 5.75 Å². The molecule has 0 heterocycles. The lowest BCUT2D eigenvalue weighted by atomic mass is 10.2. The quantitative estimate of drug-likeness (QED) is 0.357. The minimum absolute atomic E-state index is 0.205. The van der Waals surface area contributed by atoms with Crippen molar-refractivity contribution in [2.24, 2.45) is 0 Å². The molecule has 0 bridgehead atoms. The van der Waals surface area contributed by atoms with Crippen LogP contribution in [0.2, 0.25) is 0 Å². The summed E-state index contributed by atoms with van der Waals surface area (Å²) in [5, 5.41) is 19.7. The molecule has 1 atom stereocenters. The van der Waals surface area contributed by atoms with Crippen molar-refractivity contribution in [3.05, 3.63) is 52.3 Å². The van der Waals surface area contributed by atoms with Gasteiger partial charge in [0.05, 0.1) is 16.7 Å². The Morgan fingerprint density at radius 1 is 1.59 bits per heavy atom. The molecule has 5 nitrogen and oxygen atoms in total. The maximum Gasteiger partial charge on any atom is 0.339 e. The summed E-state index contributed by atoms with van der Waals surface area (Å²) in [5.74, 6) is 0.468. The third-order valence-corrected chi connectivity index (χ3v) is 2.11. The van der Waals surface area contributed by atoms with Crippen molar-refractivity contribution in [1.82, 2.24) is 0 Å². The van der Waals surface area contributed by atoms with Crippen LogP contribution in [0.3, 0.4) is 0 Å². The van der Waals surface area contributed by atoms with Crippen LogP contribution in [0.5, 0.6) is 5.75 Å². The Labute approximate surface area is 99.5 Å². The molecule has 0 spiro atoms. The Hall–Kier alpha value is -1.88. The first-order valence-corrected chi connectivity index (χ1v) is 5.38. The van der Waals surface area contributed by atoms with Gasteiger partial charge in [-0.3, -0.25) is 10.1 Å². The number of hydrogen-bond acceptors (Lipinski definition) is 4. The molecule has 17 heavy (non-hydrogen) atoms. The smallest absolute Gasteiger partial charge is 0.339 e. The van der Waals surface area contributed by atoms with Crippen LogP contribution in [-0.4, -0.2) is 10.0 Å². The number of unbranched alkanes of at least 4 members (excludes halogenated alkanes) is 1. The van der Waals surface area contributed by atoms with Crippen LogP contribution in [-0.2, 0) is 0 Å². The van der Waals surface area contributed by atoms with Crippen LogP contribution in [0, 0.1) is 10.1 Å². The number of benzene rings is 1. The van der Waals surface area contributed by atoms with Gasteiger partial charge in [-0.25, -0.2) is 0 Å². The zero-order valence-corrected chi connectivity index (χ0v) is 9.57. The highest BCUT2D eigenvalue weighted by atomic mass is 16.7. The molecule has 0 saturated carbocycles. The van der Waals surface area contributed by atoms with E-state index in [1.807, 2.05) is 6.08 Å². The number of nitrogens with zero attached hydrogens (tertiary/aromatic N) is 1. The Kier molecular flexibility index (Phi) is 5.16. The number of aliphatic hydroxyl groups is 1. The first kappa shape index (κ1) is 13.2. The van der Waals surface area contributed by atoms with Gasteiger partial charge in [0.2, 0.25) is 0 Å². The predicted molar refractivity (Wildman–Crippen MR) is 63.1 cm³/mol. The number of rotatable bonds is 6. The Balaban J connectivity index is 2.69. The highest BCUT2D eigenvalue weighted by Crippen LogP contribution is 2.19. The van der Waals surface area contributed by atoms with Gasteiger partial charge in [-0.1, -0.05) is 19.4 Å². The van der Waals surface area contributed by atoms with Crippen LogP contribution in [0.4, 0.5) is 0 Å². The maximum absolute atomic E-state index is 10.4. The maximum atomic E-state index is 10.4. The van der Waals surface area contributed by atoms with E-state index in [2.05, 4.69) is 6.92 Å². The van der Waals surface area contributed by atoms with Gasteiger partial charge in [0, 0.05) is 0 Å². The van der Waals surface area contributed by atoms with Gasteiger partial charge in [-0.2, -0.15) is 0 Å². The molecule has 0 radical (unpaired) electrons. The number of hydrogen-bond donors (Lipinski definition) is 1. The fourth-order valence-corrected chi connectivity index (χ4v) is 1.23. The van der Waals surface area contributed by atoms with Crippen LogP contribution < -0.4 is 4.74 Å². The van der Waals surface area contributed by atoms with E-state index in [-0.39, 0.29) is 5.56 Å². The summed E-state index contributed by atoms with van der Waals surface area (Å²) in [5.41, 5.74) is 0.205.